The van der Waals surface area contributed by atoms with E-state index in [0.29, 0.717) is 24.7 Å². The van der Waals surface area contributed by atoms with Gasteiger partial charge in [0.15, 0.2) is 0 Å². The van der Waals surface area contributed by atoms with E-state index in [1.807, 2.05) is 0 Å². The van der Waals surface area contributed by atoms with Crippen molar-refractivity contribution >= 4 is 5.82 Å². The fourth-order valence-electron chi connectivity index (χ4n) is 1.48. The van der Waals surface area contributed by atoms with Gasteiger partial charge in [-0.2, -0.15) is 0 Å². The molecule has 5 heteroatoms. The van der Waals surface area contributed by atoms with Gasteiger partial charge in [-0.1, -0.05) is 13.3 Å². The molecule has 5 nitrogen and oxygen atoms in total. The molecule has 0 bridgehead atoms. The second-order valence-corrected chi connectivity index (χ2v) is 3.75. The minimum Gasteiger partial charge on any atom is -0.395 e. The standard InChI is InChI=1S/C11H20N4O/c1-2-3-6-15(7-8-16)9-11-13-5-4-10(12)14-11/h4-5,16H,2-3,6-9H2,1H3,(H2,12,13,14). The van der Waals surface area contributed by atoms with Crippen LogP contribution in [0.4, 0.5) is 5.82 Å². The molecule has 1 aromatic rings. The van der Waals surface area contributed by atoms with Crippen molar-refractivity contribution in [1.29, 1.82) is 0 Å². The zero-order chi connectivity index (χ0) is 11.8. The minimum absolute atomic E-state index is 0.159. The fraction of sp³-hybridized carbons (Fsp3) is 0.636. The van der Waals surface area contributed by atoms with Crippen molar-refractivity contribution in [2.75, 3.05) is 25.4 Å². The van der Waals surface area contributed by atoms with Crippen molar-refractivity contribution in [3.05, 3.63) is 18.1 Å². The van der Waals surface area contributed by atoms with Gasteiger partial charge in [0.05, 0.1) is 13.2 Å². The Bertz CT molecular complexity index is 306. The lowest BCUT2D eigenvalue weighted by atomic mass is 10.3. The third kappa shape index (κ3) is 4.55. The number of rotatable bonds is 7. The maximum Gasteiger partial charge on any atom is 0.144 e. The van der Waals surface area contributed by atoms with E-state index < -0.39 is 0 Å². The van der Waals surface area contributed by atoms with Crippen LogP contribution >= 0.6 is 0 Å². The molecule has 1 heterocycles. The fourth-order valence-corrected chi connectivity index (χ4v) is 1.48. The maximum absolute atomic E-state index is 8.96. The smallest absolute Gasteiger partial charge is 0.144 e. The average molecular weight is 224 g/mol. The Balaban J connectivity index is 2.52. The summed E-state index contributed by atoms with van der Waals surface area (Å²) in [7, 11) is 0. The van der Waals surface area contributed by atoms with Crippen LogP contribution in [0.2, 0.25) is 0 Å². The normalized spacial score (nSPS) is 10.9. The predicted octanol–water partition coefficient (Wildman–Crippen LogP) is 0.653. The second-order valence-electron chi connectivity index (χ2n) is 3.75. The highest BCUT2D eigenvalue weighted by Gasteiger charge is 2.06. The zero-order valence-corrected chi connectivity index (χ0v) is 9.76. The van der Waals surface area contributed by atoms with Crippen molar-refractivity contribution in [3.63, 3.8) is 0 Å². The molecule has 3 N–H and O–H groups in total. The Hall–Kier alpha value is -1.20. The highest BCUT2D eigenvalue weighted by atomic mass is 16.3. The third-order valence-corrected chi connectivity index (χ3v) is 2.34. The Morgan fingerprint density at radius 2 is 2.25 bits per heavy atom. The number of hydrogen-bond acceptors (Lipinski definition) is 5. The summed E-state index contributed by atoms with van der Waals surface area (Å²) >= 11 is 0. The number of aliphatic hydroxyl groups is 1. The van der Waals surface area contributed by atoms with Crippen molar-refractivity contribution in [1.82, 2.24) is 14.9 Å². The molecule has 1 rings (SSSR count). The van der Waals surface area contributed by atoms with Gasteiger partial charge in [-0.05, 0) is 19.0 Å². The van der Waals surface area contributed by atoms with Gasteiger partial charge < -0.3 is 10.8 Å². The summed E-state index contributed by atoms with van der Waals surface area (Å²) < 4.78 is 0. The van der Waals surface area contributed by atoms with Gasteiger partial charge in [-0.15, -0.1) is 0 Å². The average Bonchev–Trinajstić information content (AvgIpc) is 2.26. The quantitative estimate of drug-likeness (QED) is 0.711. The molecule has 0 aromatic carbocycles. The molecule has 0 saturated heterocycles. The molecule has 1 aromatic heterocycles. The van der Waals surface area contributed by atoms with Crippen molar-refractivity contribution in [2.45, 2.75) is 26.3 Å². The Morgan fingerprint density at radius 1 is 1.44 bits per heavy atom. The van der Waals surface area contributed by atoms with Gasteiger partial charge >= 0.3 is 0 Å². The summed E-state index contributed by atoms with van der Waals surface area (Å²) in [5, 5.41) is 8.96. The first kappa shape index (κ1) is 12.9. The summed E-state index contributed by atoms with van der Waals surface area (Å²) in [6.45, 7) is 4.55. The largest absolute Gasteiger partial charge is 0.395 e. The number of unbranched alkanes of at least 4 members (excludes halogenated alkanes) is 1. The van der Waals surface area contributed by atoms with Crippen LogP contribution in [0, 0.1) is 0 Å². The van der Waals surface area contributed by atoms with E-state index >= 15 is 0 Å². The first-order valence-corrected chi connectivity index (χ1v) is 5.67. The Labute approximate surface area is 96.3 Å². The van der Waals surface area contributed by atoms with Crippen LogP contribution in [-0.2, 0) is 6.54 Å². The summed E-state index contributed by atoms with van der Waals surface area (Å²) in [6, 6.07) is 1.67. The van der Waals surface area contributed by atoms with E-state index in [4.69, 9.17) is 10.8 Å². The monoisotopic (exact) mass is 224 g/mol. The van der Waals surface area contributed by atoms with Gasteiger partial charge in [0.2, 0.25) is 0 Å². The molecular formula is C11H20N4O. The van der Waals surface area contributed by atoms with Gasteiger partial charge in [0.1, 0.15) is 11.6 Å². The van der Waals surface area contributed by atoms with E-state index in [1.165, 1.54) is 0 Å². The Morgan fingerprint density at radius 3 is 2.88 bits per heavy atom. The van der Waals surface area contributed by atoms with Crippen molar-refractivity contribution in [3.8, 4) is 0 Å². The Kier molecular flexibility index (Phi) is 5.74. The number of aliphatic hydroxyl groups excluding tert-OH is 1. The number of nitrogen functional groups attached to an aromatic ring is 1. The van der Waals surface area contributed by atoms with E-state index in [1.54, 1.807) is 12.3 Å². The van der Waals surface area contributed by atoms with Crippen molar-refractivity contribution in [2.24, 2.45) is 0 Å². The van der Waals surface area contributed by atoms with E-state index in [-0.39, 0.29) is 6.61 Å². The lowest BCUT2D eigenvalue weighted by molar-refractivity contribution is 0.185. The molecule has 90 valence electrons. The SMILES string of the molecule is CCCCN(CCO)Cc1nccc(N)n1. The lowest BCUT2D eigenvalue weighted by Gasteiger charge is -2.19. The summed E-state index contributed by atoms with van der Waals surface area (Å²) in [5.74, 6) is 1.20. The third-order valence-electron chi connectivity index (χ3n) is 2.34. The van der Waals surface area contributed by atoms with Crippen LogP contribution in [0.25, 0.3) is 0 Å². The molecular weight excluding hydrogens is 204 g/mol. The maximum atomic E-state index is 8.96. The number of hydrogen-bond donors (Lipinski definition) is 2. The van der Waals surface area contributed by atoms with Crippen LogP contribution in [0.1, 0.15) is 25.6 Å². The summed E-state index contributed by atoms with van der Waals surface area (Å²) in [5.41, 5.74) is 5.59. The van der Waals surface area contributed by atoms with Crippen molar-refractivity contribution < 1.29 is 5.11 Å². The first-order chi connectivity index (χ1) is 7.76. The lowest BCUT2D eigenvalue weighted by Crippen LogP contribution is -2.28. The number of nitrogens with two attached hydrogens (primary N) is 1. The number of anilines is 1. The van der Waals surface area contributed by atoms with Crippen LogP contribution in [0.3, 0.4) is 0 Å². The number of aromatic nitrogens is 2. The molecule has 0 aliphatic rings. The van der Waals surface area contributed by atoms with Gasteiger partial charge in [0.25, 0.3) is 0 Å². The molecule has 0 radical (unpaired) electrons. The van der Waals surface area contributed by atoms with Gasteiger partial charge in [0, 0.05) is 12.7 Å². The molecule has 0 amide bonds. The first-order valence-electron chi connectivity index (χ1n) is 5.67. The van der Waals surface area contributed by atoms with Crippen LogP contribution in [-0.4, -0.2) is 39.7 Å². The molecule has 16 heavy (non-hydrogen) atoms. The molecule has 0 fully saturated rings. The second kappa shape index (κ2) is 7.14. The summed E-state index contributed by atoms with van der Waals surface area (Å²) in [6.07, 6.45) is 3.91. The van der Waals surface area contributed by atoms with Gasteiger partial charge in [-0.25, -0.2) is 9.97 Å². The molecule has 0 aliphatic heterocycles. The van der Waals surface area contributed by atoms with E-state index in [0.717, 1.165) is 19.4 Å². The molecule has 0 aliphatic carbocycles. The van der Waals surface area contributed by atoms with E-state index in [2.05, 4.69) is 21.8 Å². The van der Waals surface area contributed by atoms with Crippen LogP contribution in [0.5, 0.6) is 0 Å². The van der Waals surface area contributed by atoms with Crippen LogP contribution < -0.4 is 5.73 Å². The molecule has 0 spiro atoms. The topological polar surface area (TPSA) is 75.3 Å². The highest BCUT2D eigenvalue weighted by Crippen LogP contribution is 2.03. The predicted molar refractivity (Wildman–Crippen MR) is 63.7 cm³/mol. The zero-order valence-electron chi connectivity index (χ0n) is 9.76. The highest BCUT2D eigenvalue weighted by molar-refractivity contribution is 5.24. The summed E-state index contributed by atoms with van der Waals surface area (Å²) in [4.78, 5) is 10.4. The molecule has 0 unspecified atom stereocenters. The van der Waals surface area contributed by atoms with E-state index in [9.17, 15) is 0 Å². The van der Waals surface area contributed by atoms with Gasteiger partial charge in [-0.3, -0.25) is 4.90 Å². The molecule has 0 saturated carbocycles. The number of nitrogens with zero attached hydrogens (tertiary/aromatic N) is 3. The van der Waals surface area contributed by atoms with Crippen LogP contribution in [0.15, 0.2) is 12.3 Å². The minimum atomic E-state index is 0.159. The molecule has 0 atom stereocenters.